The molecule has 1 saturated carbocycles. The Kier molecular flexibility index (Phi) is 4.77. The molecule has 1 aromatic rings. The second kappa shape index (κ2) is 6.14. The fourth-order valence-electron chi connectivity index (χ4n) is 2.44. The van der Waals surface area contributed by atoms with Crippen molar-refractivity contribution >= 4 is 28.9 Å². The third kappa shape index (κ3) is 3.78. The molecule has 0 spiro atoms. The van der Waals surface area contributed by atoms with E-state index < -0.39 is 5.60 Å². The van der Waals surface area contributed by atoms with Crippen LogP contribution in [0.3, 0.4) is 0 Å². The van der Waals surface area contributed by atoms with Crippen LogP contribution < -0.4 is 5.32 Å². The summed E-state index contributed by atoms with van der Waals surface area (Å²) >= 11 is 11.8. The van der Waals surface area contributed by atoms with E-state index >= 15 is 0 Å². The normalized spacial score (nSPS) is 19.3. The molecule has 0 saturated heterocycles. The highest BCUT2D eigenvalue weighted by Gasteiger charge is 2.27. The molecule has 2 N–H and O–H groups in total. The lowest BCUT2D eigenvalue weighted by Gasteiger charge is -2.27. The van der Waals surface area contributed by atoms with Crippen molar-refractivity contribution in [3.63, 3.8) is 0 Å². The van der Waals surface area contributed by atoms with Crippen LogP contribution in [0.4, 0.5) is 5.69 Å². The van der Waals surface area contributed by atoms with Gasteiger partial charge in [0.2, 0.25) is 0 Å². The van der Waals surface area contributed by atoms with E-state index in [1.54, 1.807) is 12.1 Å². The molecule has 1 aromatic carbocycles. The lowest BCUT2D eigenvalue weighted by molar-refractivity contribution is 0.0381. The number of hydrogen-bond donors (Lipinski definition) is 2. The molecule has 0 amide bonds. The molecule has 0 heterocycles. The van der Waals surface area contributed by atoms with Crippen LogP contribution in [0.5, 0.6) is 0 Å². The maximum Gasteiger partial charge on any atom is 0.0819 e. The van der Waals surface area contributed by atoms with Gasteiger partial charge in [0.05, 0.1) is 15.6 Å². The molecular formula is C14H19Cl2NO. The first-order chi connectivity index (χ1) is 8.59. The smallest absolute Gasteiger partial charge is 0.0819 e. The van der Waals surface area contributed by atoms with Crippen molar-refractivity contribution in [2.45, 2.75) is 44.1 Å². The molecule has 2 nitrogen and oxygen atoms in total. The van der Waals surface area contributed by atoms with Crippen LogP contribution in [0.25, 0.3) is 0 Å². The second-order valence-electron chi connectivity index (χ2n) is 5.12. The molecule has 1 fully saturated rings. The minimum Gasteiger partial charge on any atom is -0.388 e. The Morgan fingerprint density at radius 1 is 1.06 bits per heavy atom. The van der Waals surface area contributed by atoms with Crippen molar-refractivity contribution in [2.75, 3.05) is 11.9 Å². The summed E-state index contributed by atoms with van der Waals surface area (Å²) in [6.07, 6.45) is 6.44. The molecule has 100 valence electrons. The van der Waals surface area contributed by atoms with E-state index in [1.165, 1.54) is 12.8 Å². The van der Waals surface area contributed by atoms with Crippen LogP contribution in [0, 0.1) is 0 Å². The number of halogens is 2. The monoisotopic (exact) mass is 287 g/mol. The topological polar surface area (TPSA) is 32.3 Å². The van der Waals surface area contributed by atoms with Crippen molar-refractivity contribution in [1.82, 2.24) is 0 Å². The Morgan fingerprint density at radius 3 is 2.33 bits per heavy atom. The van der Waals surface area contributed by atoms with Gasteiger partial charge in [-0.1, -0.05) is 48.9 Å². The zero-order valence-corrected chi connectivity index (χ0v) is 11.9. The van der Waals surface area contributed by atoms with E-state index in [0.717, 1.165) is 31.4 Å². The summed E-state index contributed by atoms with van der Waals surface area (Å²) in [6.45, 7) is 0.574. The Bertz CT molecular complexity index is 401. The minimum atomic E-state index is -0.581. The van der Waals surface area contributed by atoms with E-state index in [1.807, 2.05) is 6.07 Å². The average molecular weight is 288 g/mol. The Labute approximate surface area is 118 Å². The quantitative estimate of drug-likeness (QED) is 0.803. The number of benzene rings is 1. The molecule has 18 heavy (non-hydrogen) atoms. The van der Waals surface area contributed by atoms with E-state index in [-0.39, 0.29) is 0 Å². The maximum atomic E-state index is 10.5. The summed E-state index contributed by atoms with van der Waals surface area (Å²) in [5.41, 5.74) is 0.324. The molecule has 1 aliphatic rings. The summed E-state index contributed by atoms with van der Waals surface area (Å²) in [5, 5.41) is 14.9. The first-order valence-electron chi connectivity index (χ1n) is 6.50. The minimum absolute atomic E-state index is 0.537. The molecule has 1 aliphatic carbocycles. The summed E-state index contributed by atoms with van der Waals surface area (Å²) in [7, 11) is 0. The lowest BCUT2D eigenvalue weighted by atomic mass is 9.94. The molecule has 4 heteroatoms. The van der Waals surface area contributed by atoms with E-state index in [0.29, 0.717) is 16.6 Å². The van der Waals surface area contributed by atoms with Crippen molar-refractivity contribution in [2.24, 2.45) is 0 Å². The van der Waals surface area contributed by atoms with Crippen LogP contribution in [0.1, 0.15) is 38.5 Å². The fourth-order valence-corrected chi connectivity index (χ4v) is 2.73. The van der Waals surface area contributed by atoms with Crippen molar-refractivity contribution < 1.29 is 5.11 Å². The van der Waals surface area contributed by atoms with Crippen LogP contribution >= 0.6 is 23.2 Å². The predicted molar refractivity (Wildman–Crippen MR) is 77.6 cm³/mol. The van der Waals surface area contributed by atoms with Gasteiger partial charge in [-0.3, -0.25) is 0 Å². The fraction of sp³-hybridized carbons (Fsp3) is 0.571. The first kappa shape index (κ1) is 14.0. The third-order valence-corrected chi connectivity index (χ3v) is 4.31. The standard InChI is InChI=1S/C14H19Cl2NO/c15-12-6-5-11(9-13(12)16)17-10-14(18)7-3-1-2-4-8-14/h5-6,9,17-18H,1-4,7-8,10H2. The molecule has 0 bridgehead atoms. The number of aliphatic hydroxyl groups is 1. The largest absolute Gasteiger partial charge is 0.388 e. The second-order valence-corrected chi connectivity index (χ2v) is 5.94. The van der Waals surface area contributed by atoms with E-state index in [2.05, 4.69) is 5.32 Å². The zero-order valence-electron chi connectivity index (χ0n) is 10.4. The van der Waals surface area contributed by atoms with E-state index in [9.17, 15) is 5.11 Å². The highest BCUT2D eigenvalue weighted by atomic mass is 35.5. The van der Waals surface area contributed by atoms with Crippen molar-refractivity contribution in [1.29, 1.82) is 0 Å². The molecule has 2 rings (SSSR count). The number of nitrogens with one attached hydrogen (secondary N) is 1. The van der Waals surface area contributed by atoms with Crippen molar-refractivity contribution in [3.8, 4) is 0 Å². The summed E-state index contributed by atoms with van der Waals surface area (Å²) in [5.74, 6) is 0. The zero-order chi connectivity index (χ0) is 13.0. The molecule has 0 atom stereocenters. The first-order valence-corrected chi connectivity index (χ1v) is 7.26. The lowest BCUT2D eigenvalue weighted by Crippen LogP contribution is -2.36. The summed E-state index contributed by atoms with van der Waals surface area (Å²) in [6, 6.07) is 5.45. The van der Waals surface area contributed by atoms with Gasteiger partial charge >= 0.3 is 0 Å². The summed E-state index contributed by atoms with van der Waals surface area (Å²) in [4.78, 5) is 0. The van der Waals surface area contributed by atoms with Gasteiger partial charge in [0, 0.05) is 12.2 Å². The maximum absolute atomic E-state index is 10.5. The van der Waals surface area contributed by atoms with Crippen LogP contribution in [0.2, 0.25) is 10.0 Å². The van der Waals surface area contributed by atoms with Gasteiger partial charge in [-0.05, 0) is 31.0 Å². The van der Waals surface area contributed by atoms with Crippen molar-refractivity contribution in [3.05, 3.63) is 28.2 Å². The Balaban J connectivity index is 1.95. The predicted octanol–water partition coefficient (Wildman–Crippen LogP) is 4.49. The Hall–Kier alpha value is -0.440. The highest BCUT2D eigenvalue weighted by molar-refractivity contribution is 6.42. The summed E-state index contributed by atoms with van der Waals surface area (Å²) < 4.78 is 0. The third-order valence-electron chi connectivity index (χ3n) is 3.58. The van der Waals surface area contributed by atoms with Gasteiger partial charge < -0.3 is 10.4 Å². The molecule has 0 radical (unpaired) electrons. The van der Waals surface area contributed by atoms with Gasteiger partial charge in [-0.15, -0.1) is 0 Å². The van der Waals surface area contributed by atoms with Gasteiger partial charge in [0.25, 0.3) is 0 Å². The van der Waals surface area contributed by atoms with Gasteiger partial charge in [-0.25, -0.2) is 0 Å². The van der Waals surface area contributed by atoms with Gasteiger partial charge in [-0.2, -0.15) is 0 Å². The molecular weight excluding hydrogens is 269 g/mol. The number of hydrogen-bond acceptors (Lipinski definition) is 2. The average Bonchev–Trinajstić information content (AvgIpc) is 2.56. The number of anilines is 1. The molecule has 0 aliphatic heterocycles. The Morgan fingerprint density at radius 2 is 1.72 bits per heavy atom. The molecule has 0 aromatic heterocycles. The van der Waals surface area contributed by atoms with Gasteiger partial charge in [0.1, 0.15) is 0 Å². The van der Waals surface area contributed by atoms with E-state index in [4.69, 9.17) is 23.2 Å². The van der Waals surface area contributed by atoms with Crippen LogP contribution in [0.15, 0.2) is 18.2 Å². The van der Waals surface area contributed by atoms with Crippen LogP contribution in [-0.2, 0) is 0 Å². The molecule has 0 unspecified atom stereocenters. The SMILES string of the molecule is OC1(CNc2ccc(Cl)c(Cl)c2)CCCCCC1. The van der Waals surface area contributed by atoms with Gasteiger partial charge in [0.15, 0.2) is 0 Å². The van der Waals surface area contributed by atoms with Crippen LogP contribution in [-0.4, -0.2) is 17.3 Å². The highest BCUT2D eigenvalue weighted by Crippen LogP contribution is 2.29. The number of rotatable bonds is 3.